The van der Waals surface area contributed by atoms with Gasteiger partial charge in [-0.1, -0.05) is 127 Å². The summed E-state index contributed by atoms with van der Waals surface area (Å²) in [6.07, 6.45) is 0. The van der Waals surface area contributed by atoms with Crippen LogP contribution in [-0.2, 0) is 6.54 Å². The molecule has 0 saturated heterocycles. The van der Waals surface area contributed by atoms with E-state index in [2.05, 4.69) is 127 Å². The van der Waals surface area contributed by atoms with Crippen molar-refractivity contribution in [3.8, 4) is 22.3 Å². The van der Waals surface area contributed by atoms with E-state index in [1.165, 1.54) is 10.8 Å². The summed E-state index contributed by atoms with van der Waals surface area (Å²) in [6, 6.07) is 60.4. The number of benzene rings is 8. The topological polar surface area (TPSA) is 63.4 Å². The lowest BCUT2D eigenvalue weighted by Crippen LogP contribution is -2.06. The Morgan fingerprint density at radius 2 is 1.13 bits per heavy atom. The van der Waals surface area contributed by atoms with E-state index in [-0.39, 0.29) is 0 Å². The van der Waals surface area contributed by atoms with Gasteiger partial charge in [-0.25, -0.2) is 9.98 Å². The molecule has 2 aromatic heterocycles. The summed E-state index contributed by atoms with van der Waals surface area (Å²) >= 11 is 0. The van der Waals surface area contributed by atoms with Crippen LogP contribution in [0.15, 0.2) is 200 Å². The smallest absolute Gasteiger partial charge is 0.161 e. The summed E-state index contributed by atoms with van der Waals surface area (Å²) in [7, 11) is 0. The van der Waals surface area contributed by atoms with Crippen molar-refractivity contribution in [3.05, 3.63) is 193 Å². The van der Waals surface area contributed by atoms with Crippen LogP contribution >= 0.6 is 0 Å². The van der Waals surface area contributed by atoms with E-state index in [4.69, 9.17) is 18.8 Å². The van der Waals surface area contributed by atoms with Gasteiger partial charge in [-0.05, 0) is 93.8 Å². The van der Waals surface area contributed by atoms with Crippen molar-refractivity contribution in [2.75, 3.05) is 0 Å². The van der Waals surface area contributed by atoms with Crippen molar-refractivity contribution < 1.29 is 8.83 Å². The summed E-state index contributed by atoms with van der Waals surface area (Å²) < 4.78 is 12.7. The van der Waals surface area contributed by atoms with E-state index in [1.807, 2.05) is 60.7 Å². The highest BCUT2D eigenvalue weighted by Gasteiger charge is 2.17. The van der Waals surface area contributed by atoms with Crippen molar-refractivity contribution in [1.29, 1.82) is 0 Å². The second-order valence-corrected chi connectivity index (χ2v) is 13.7. The van der Waals surface area contributed by atoms with Crippen molar-refractivity contribution in [2.24, 2.45) is 15.0 Å². The quantitative estimate of drug-likeness (QED) is 0.128. The summed E-state index contributed by atoms with van der Waals surface area (Å²) in [5.74, 6) is 0.978. The fourth-order valence-corrected chi connectivity index (χ4v) is 7.54. The van der Waals surface area contributed by atoms with Crippen molar-refractivity contribution in [2.45, 2.75) is 6.54 Å². The molecule has 0 fully saturated rings. The minimum absolute atomic E-state index is 0.407. The summed E-state index contributed by atoms with van der Waals surface area (Å²) in [5, 5.41) is 6.45. The van der Waals surface area contributed by atoms with Gasteiger partial charge in [-0.15, -0.1) is 0 Å². The highest BCUT2D eigenvalue weighted by molar-refractivity contribution is 6.22. The van der Waals surface area contributed by atoms with Crippen molar-refractivity contribution in [3.63, 3.8) is 0 Å². The molecule has 10 rings (SSSR count). The first-order valence-corrected chi connectivity index (χ1v) is 18.3. The molecule has 0 atom stereocenters. The Morgan fingerprint density at radius 3 is 2.04 bits per heavy atom. The highest BCUT2D eigenvalue weighted by Crippen LogP contribution is 2.35. The fourth-order valence-electron chi connectivity index (χ4n) is 7.54. The Kier molecular flexibility index (Phi) is 7.96. The Morgan fingerprint density at radius 1 is 0.455 bits per heavy atom. The third-order valence-corrected chi connectivity index (χ3v) is 10.3. The lowest BCUT2D eigenvalue weighted by molar-refractivity contribution is 0.668. The zero-order chi connectivity index (χ0) is 36.7. The third kappa shape index (κ3) is 5.98. The van der Waals surface area contributed by atoms with Crippen molar-refractivity contribution >= 4 is 73.0 Å². The maximum atomic E-state index is 6.43. The van der Waals surface area contributed by atoms with Gasteiger partial charge in [0.15, 0.2) is 11.7 Å². The third-order valence-electron chi connectivity index (χ3n) is 10.3. The molecule has 0 bridgehead atoms. The minimum Gasteiger partial charge on any atom is -0.456 e. The number of rotatable bonds is 6. The number of aliphatic imine (C=N–C) groups is 3. The van der Waals surface area contributed by atoms with Gasteiger partial charge < -0.3 is 8.83 Å². The molecule has 55 heavy (non-hydrogen) atoms. The zero-order valence-electron chi connectivity index (χ0n) is 29.8. The summed E-state index contributed by atoms with van der Waals surface area (Å²) in [4.78, 5) is 14.9. The first-order valence-electron chi connectivity index (χ1n) is 18.3. The number of fused-ring (bicyclic) bond motifs is 7. The molecule has 0 unspecified atom stereocenters. The normalized spacial score (nSPS) is 12.4. The number of nitrogens with zero attached hydrogens (tertiary/aromatic N) is 3. The molecule has 2 heterocycles. The van der Waals surface area contributed by atoms with Gasteiger partial charge in [0.2, 0.25) is 0 Å². The Balaban J connectivity index is 1.09. The first kappa shape index (κ1) is 32.3. The monoisotopic (exact) mass is 707 g/mol. The van der Waals surface area contributed by atoms with Crippen molar-refractivity contribution in [1.82, 2.24) is 0 Å². The molecule has 0 aliphatic rings. The first-order chi connectivity index (χ1) is 27.2. The summed E-state index contributed by atoms with van der Waals surface area (Å²) in [6.45, 7) is 4.39. The van der Waals surface area contributed by atoms with Crippen LogP contribution in [0.4, 0.5) is 0 Å². The van der Waals surface area contributed by atoms with Gasteiger partial charge in [0.1, 0.15) is 22.3 Å². The van der Waals surface area contributed by atoms with Crippen LogP contribution in [-0.4, -0.2) is 18.4 Å². The molecule has 5 heteroatoms. The van der Waals surface area contributed by atoms with Gasteiger partial charge in [-0.2, -0.15) is 0 Å². The number of para-hydroxylation sites is 1. The molecule has 0 aliphatic carbocycles. The van der Waals surface area contributed by atoms with Gasteiger partial charge in [0.25, 0.3) is 0 Å². The predicted octanol–water partition coefficient (Wildman–Crippen LogP) is 13.1. The van der Waals surface area contributed by atoms with Crippen LogP contribution in [0.5, 0.6) is 0 Å². The van der Waals surface area contributed by atoms with E-state index in [1.54, 1.807) is 0 Å². The molecule has 0 saturated carbocycles. The largest absolute Gasteiger partial charge is 0.456 e. The van der Waals surface area contributed by atoms with Gasteiger partial charge in [0, 0.05) is 32.7 Å². The van der Waals surface area contributed by atoms with Crippen LogP contribution in [0.1, 0.15) is 16.7 Å². The molecule has 260 valence electrons. The molecule has 0 N–H and O–H groups in total. The Bertz CT molecular complexity index is 3150. The van der Waals surface area contributed by atoms with E-state index >= 15 is 0 Å². The van der Waals surface area contributed by atoms with Crippen LogP contribution in [0.3, 0.4) is 0 Å². The molecular formula is C50H33N3O2. The number of furan rings is 2. The van der Waals surface area contributed by atoms with E-state index in [9.17, 15) is 0 Å². The lowest BCUT2D eigenvalue weighted by Gasteiger charge is -2.08. The van der Waals surface area contributed by atoms with Crippen LogP contribution in [0, 0.1) is 0 Å². The second-order valence-electron chi connectivity index (χ2n) is 13.7. The van der Waals surface area contributed by atoms with Gasteiger partial charge in [-0.3, -0.25) is 4.99 Å². The van der Waals surface area contributed by atoms with Crippen LogP contribution in [0.2, 0.25) is 0 Å². The van der Waals surface area contributed by atoms with E-state index in [0.717, 1.165) is 82.8 Å². The van der Waals surface area contributed by atoms with E-state index < -0.39 is 0 Å². The molecule has 0 aliphatic heterocycles. The standard InChI is InChI=1S/C50H33N3O2/c1-51-50(43-18-10-20-45-48(43)42-26-23-38(29-47(42)55-45)33-12-3-2-4-13-33)53-49(39-24-25-41-40-17-7-8-19-44(40)54-46(41)30-39)52-31-32-11-9-16-35(27-32)37-22-21-34-14-5-6-15-36(34)28-37/h2-30H,1,31H2/b52-49-,53-50-. The molecule has 0 spiro atoms. The average molecular weight is 708 g/mol. The molecule has 0 radical (unpaired) electrons. The Labute approximate surface area is 317 Å². The Hall–Kier alpha value is -7.37. The molecule has 10 aromatic rings. The minimum atomic E-state index is 0.407. The number of hydrogen-bond acceptors (Lipinski definition) is 3. The second kappa shape index (κ2) is 13.6. The summed E-state index contributed by atoms with van der Waals surface area (Å²) in [5.41, 5.74) is 10.4. The van der Waals surface area contributed by atoms with E-state index in [0.29, 0.717) is 18.2 Å². The van der Waals surface area contributed by atoms with Gasteiger partial charge >= 0.3 is 0 Å². The molecule has 8 aromatic carbocycles. The molecular weight excluding hydrogens is 675 g/mol. The fraction of sp³-hybridized carbons (Fsp3) is 0.0200. The number of hydrogen-bond donors (Lipinski definition) is 0. The highest BCUT2D eigenvalue weighted by atomic mass is 16.3. The predicted molar refractivity (Wildman–Crippen MR) is 229 cm³/mol. The number of amidine groups is 2. The molecule has 5 nitrogen and oxygen atoms in total. The maximum absolute atomic E-state index is 6.43. The van der Waals surface area contributed by atoms with Crippen LogP contribution < -0.4 is 0 Å². The maximum Gasteiger partial charge on any atom is 0.161 e. The average Bonchev–Trinajstić information content (AvgIpc) is 3.82. The van der Waals surface area contributed by atoms with Crippen LogP contribution in [0.25, 0.3) is 76.9 Å². The zero-order valence-corrected chi connectivity index (χ0v) is 29.8. The van der Waals surface area contributed by atoms with Gasteiger partial charge in [0.05, 0.1) is 6.54 Å². The molecule has 0 amide bonds. The SMILES string of the molecule is C=N/C(=N\C(=N/Cc1cccc(-c2ccc3ccccc3c2)c1)c1ccc2c(c1)oc1ccccc12)c1cccc2oc3cc(-c4ccccc4)ccc3c12. The lowest BCUT2D eigenvalue weighted by atomic mass is 10.00.